The van der Waals surface area contributed by atoms with Gasteiger partial charge in [0.25, 0.3) is 0 Å². The van der Waals surface area contributed by atoms with Crippen molar-refractivity contribution in [2.75, 3.05) is 18.6 Å². The van der Waals surface area contributed by atoms with Crippen LogP contribution in [0.2, 0.25) is 0 Å². The summed E-state index contributed by atoms with van der Waals surface area (Å²) in [5.41, 5.74) is 0.0830. The fraction of sp³-hybridized carbons (Fsp3) is 0.304. The van der Waals surface area contributed by atoms with Crippen LogP contribution in [0.5, 0.6) is 23.1 Å². The number of anilines is 1. The molecule has 1 atom stereocenters. The van der Waals surface area contributed by atoms with Crippen molar-refractivity contribution < 1.29 is 50.1 Å². The van der Waals surface area contributed by atoms with Crippen LogP contribution in [-0.2, 0) is 6.54 Å². The molecule has 14 heteroatoms. The van der Waals surface area contributed by atoms with Crippen LogP contribution >= 0.6 is 0 Å². The average Bonchev–Trinajstić information content (AvgIpc) is 2.83. The molecule has 0 spiro atoms. The summed E-state index contributed by atoms with van der Waals surface area (Å²) >= 11 is 0. The summed E-state index contributed by atoms with van der Waals surface area (Å²) in [5.74, 6) is -0.224. The number of benzene rings is 2. The fourth-order valence-corrected chi connectivity index (χ4v) is 2.99. The number of hydrogen-bond acceptors (Lipinski definition) is 7. The molecule has 0 saturated carbocycles. The molecule has 3 rings (SSSR count). The zero-order chi connectivity index (χ0) is 27.2. The van der Waals surface area contributed by atoms with Gasteiger partial charge in [-0.2, -0.15) is 35.7 Å². The highest BCUT2D eigenvalue weighted by atomic mass is 19.4. The molecular weight excluding hydrogens is 515 g/mol. The van der Waals surface area contributed by atoms with Crippen molar-refractivity contribution in [2.24, 2.45) is 0 Å². The van der Waals surface area contributed by atoms with Crippen LogP contribution in [-0.4, -0.2) is 53.5 Å². The minimum Gasteiger partial charge on any atom is -0.497 e. The van der Waals surface area contributed by atoms with Crippen molar-refractivity contribution >= 4 is 5.95 Å². The van der Waals surface area contributed by atoms with E-state index in [9.17, 15) is 35.8 Å². The topological polar surface area (TPSA) is 76.9 Å². The van der Waals surface area contributed by atoms with E-state index in [1.807, 2.05) is 0 Å². The number of methoxy groups -OCH3 is 1. The summed E-state index contributed by atoms with van der Waals surface area (Å²) in [6.07, 6.45) is -15.5. The Bertz CT molecular complexity index is 1180. The maximum absolute atomic E-state index is 13.3. The zero-order valence-electron chi connectivity index (χ0n) is 19.0. The lowest BCUT2D eigenvalue weighted by molar-refractivity contribution is -0.253. The predicted molar refractivity (Wildman–Crippen MR) is 116 cm³/mol. The molecule has 7 nitrogen and oxygen atoms in total. The van der Waals surface area contributed by atoms with Gasteiger partial charge in [-0.25, -0.2) is 4.98 Å². The van der Waals surface area contributed by atoms with Crippen LogP contribution in [0.4, 0.5) is 36.7 Å². The van der Waals surface area contributed by atoms with E-state index < -0.39 is 43.7 Å². The van der Waals surface area contributed by atoms with Gasteiger partial charge in [-0.15, -0.1) is 0 Å². The highest BCUT2D eigenvalue weighted by Crippen LogP contribution is 2.30. The van der Waals surface area contributed by atoms with Crippen LogP contribution in [0, 0.1) is 0 Å². The number of rotatable bonds is 11. The molecule has 0 aliphatic carbocycles. The van der Waals surface area contributed by atoms with E-state index in [0.717, 1.165) is 17.0 Å². The second-order valence-electron chi connectivity index (χ2n) is 7.53. The van der Waals surface area contributed by atoms with Crippen LogP contribution in [0.25, 0.3) is 0 Å². The molecule has 0 saturated heterocycles. The number of hydrogen-bond donors (Lipinski definition) is 1. The number of nitrogens with zero attached hydrogens (tertiary/aromatic N) is 3. The van der Waals surface area contributed by atoms with Gasteiger partial charge < -0.3 is 24.2 Å². The lowest BCUT2D eigenvalue weighted by atomic mass is 10.2. The summed E-state index contributed by atoms with van der Waals surface area (Å²) < 4.78 is 106. The molecule has 2 aromatic carbocycles. The summed E-state index contributed by atoms with van der Waals surface area (Å²) in [6, 6.07) is 12.2. The second kappa shape index (κ2) is 11.5. The number of aromatic nitrogens is 2. The number of alkyl halides is 7. The Morgan fingerprint density at radius 1 is 0.946 bits per heavy atom. The van der Waals surface area contributed by atoms with Gasteiger partial charge >= 0.3 is 18.7 Å². The third-order valence-corrected chi connectivity index (χ3v) is 4.71. The second-order valence-corrected chi connectivity index (χ2v) is 7.53. The van der Waals surface area contributed by atoms with E-state index in [1.165, 1.54) is 37.6 Å². The Balaban J connectivity index is 1.88. The molecule has 3 aromatic rings. The number of aliphatic hydroxyl groups is 1. The molecule has 1 N–H and O–H groups in total. The van der Waals surface area contributed by atoms with Gasteiger partial charge in [-0.1, -0.05) is 18.2 Å². The van der Waals surface area contributed by atoms with E-state index in [4.69, 9.17) is 9.47 Å². The van der Waals surface area contributed by atoms with E-state index in [1.54, 1.807) is 18.2 Å². The first-order valence-electron chi connectivity index (χ1n) is 10.5. The van der Waals surface area contributed by atoms with Crippen molar-refractivity contribution in [3.05, 3.63) is 66.4 Å². The van der Waals surface area contributed by atoms with Crippen LogP contribution in [0.1, 0.15) is 5.56 Å². The largest absolute Gasteiger partial charge is 0.497 e. The molecule has 1 unspecified atom stereocenters. The maximum atomic E-state index is 13.3. The first kappa shape index (κ1) is 27.8. The maximum Gasteiger partial charge on any atom is 0.461 e. The number of ether oxygens (including phenoxy) is 3. The SMILES string of the molecule is COc1cccc(Oc2ccnc(N(Cc3cccc(OC(F)(F)C(F)F)c3)CC(O)C(F)(F)F)n2)c1. The highest BCUT2D eigenvalue weighted by molar-refractivity contribution is 5.39. The van der Waals surface area contributed by atoms with E-state index >= 15 is 0 Å². The Hall–Kier alpha value is -3.81. The number of aliphatic hydroxyl groups excluding tert-OH is 1. The molecular formula is C23H20F7N3O4. The van der Waals surface area contributed by atoms with Gasteiger partial charge in [-0.05, 0) is 29.8 Å². The first-order valence-corrected chi connectivity index (χ1v) is 10.5. The molecule has 0 aliphatic rings. The van der Waals surface area contributed by atoms with E-state index in [0.29, 0.717) is 11.5 Å². The Morgan fingerprint density at radius 3 is 2.30 bits per heavy atom. The highest BCUT2D eigenvalue weighted by Gasteiger charge is 2.44. The molecule has 200 valence electrons. The van der Waals surface area contributed by atoms with Crippen molar-refractivity contribution in [1.29, 1.82) is 0 Å². The summed E-state index contributed by atoms with van der Waals surface area (Å²) in [6.45, 7) is -1.47. The average molecular weight is 535 g/mol. The van der Waals surface area contributed by atoms with Gasteiger partial charge in [-0.3, -0.25) is 0 Å². The fourth-order valence-electron chi connectivity index (χ4n) is 2.99. The standard InChI is InChI=1S/C23H20F7N3O4/c1-35-15-5-3-6-16(11-15)36-19-8-9-31-21(32-19)33(13-18(34)22(26,27)28)12-14-4-2-7-17(10-14)37-23(29,30)20(24)25/h2-11,18,20,34H,12-13H2,1H3. The van der Waals surface area contributed by atoms with Gasteiger partial charge in [0.15, 0.2) is 6.10 Å². The third kappa shape index (κ3) is 7.84. The molecule has 0 radical (unpaired) electrons. The van der Waals surface area contributed by atoms with Crippen molar-refractivity contribution in [3.8, 4) is 23.1 Å². The van der Waals surface area contributed by atoms with Crippen molar-refractivity contribution in [3.63, 3.8) is 0 Å². The molecule has 0 amide bonds. The molecule has 0 fully saturated rings. The van der Waals surface area contributed by atoms with E-state index in [-0.39, 0.29) is 17.4 Å². The molecule has 1 heterocycles. The first-order chi connectivity index (χ1) is 17.4. The summed E-state index contributed by atoms with van der Waals surface area (Å²) in [5, 5.41) is 9.65. The normalized spacial score (nSPS) is 12.8. The van der Waals surface area contributed by atoms with Crippen LogP contribution in [0.3, 0.4) is 0 Å². The van der Waals surface area contributed by atoms with Crippen LogP contribution < -0.4 is 19.1 Å². The Morgan fingerprint density at radius 2 is 1.62 bits per heavy atom. The van der Waals surface area contributed by atoms with Gasteiger partial charge in [0, 0.05) is 24.9 Å². The van der Waals surface area contributed by atoms with Gasteiger partial charge in [0.2, 0.25) is 11.8 Å². The number of halogens is 7. The summed E-state index contributed by atoms with van der Waals surface area (Å²) in [7, 11) is 1.44. The molecule has 0 aliphatic heterocycles. The van der Waals surface area contributed by atoms with Crippen molar-refractivity contribution in [1.82, 2.24) is 9.97 Å². The quantitative estimate of drug-likeness (QED) is 0.328. The minimum atomic E-state index is -4.99. The van der Waals surface area contributed by atoms with Gasteiger partial charge in [0.05, 0.1) is 13.7 Å². The minimum absolute atomic E-state index is 0.0570. The molecule has 1 aromatic heterocycles. The lowest BCUT2D eigenvalue weighted by Crippen LogP contribution is -2.41. The van der Waals surface area contributed by atoms with Gasteiger partial charge in [0.1, 0.15) is 17.2 Å². The Kier molecular flexibility index (Phi) is 8.63. The zero-order valence-corrected chi connectivity index (χ0v) is 19.0. The monoisotopic (exact) mass is 535 g/mol. The lowest BCUT2D eigenvalue weighted by Gasteiger charge is -2.27. The van der Waals surface area contributed by atoms with Crippen LogP contribution in [0.15, 0.2) is 60.8 Å². The van der Waals surface area contributed by atoms with E-state index in [2.05, 4.69) is 14.7 Å². The third-order valence-electron chi connectivity index (χ3n) is 4.71. The predicted octanol–water partition coefficient (Wildman–Crippen LogP) is 5.44. The molecule has 0 bridgehead atoms. The van der Waals surface area contributed by atoms with Crippen molar-refractivity contribution in [2.45, 2.75) is 31.4 Å². The smallest absolute Gasteiger partial charge is 0.461 e. The Labute approximate surface area is 206 Å². The molecule has 37 heavy (non-hydrogen) atoms. The summed E-state index contributed by atoms with van der Waals surface area (Å²) in [4.78, 5) is 8.93.